The van der Waals surface area contributed by atoms with Gasteiger partial charge in [0.05, 0.1) is 19.8 Å². The van der Waals surface area contributed by atoms with Gasteiger partial charge in [0.25, 0.3) is 6.43 Å². The number of aliphatic imine (C=N–C) groups is 1. The van der Waals surface area contributed by atoms with Crippen molar-refractivity contribution in [3.05, 3.63) is 48.0 Å². The summed E-state index contributed by atoms with van der Waals surface area (Å²) in [6.45, 7) is 0.878. The number of halogens is 2. The molecule has 1 aliphatic heterocycles. The van der Waals surface area contributed by atoms with E-state index in [0.29, 0.717) is 30.5 Å². The lowest BCUT2D eigenvalue weighted by molar-refractivity contribution is 0.0818. The highest BCUT2D eigenvalue weighted by molar-refractivity contribution is 5.92. The summed E-state index contributed by atoms with van der Waals surface area (Å²) in [7, 11) is 0. The van der Waals surface area contributed by atoms with Crippen molar-refractivity contribution in [2.75, 3.05) is 25.1 Å². The number of nitrogens with two attached hydrogens (primary N) is 1. The second kappa shape index (κ2) is 9.07. The Morgan fingerprint density at radius 3 is 2.78 bits per heavy atom. The van der Waals surface area contributed by atoms with Crippen LogP contribution in [0.2, 0.25) is 0 Å². The van der Waals surface area contributed by atoms with Crippen molar-refractivity contribution in [2.45, 2.75) is 19.4 Å². The van der Waals surface area contributed by atoms with E-state index < -0.39 is 13.0 Å². The number of ether oxygens (including phenoxy) is 3. The van der Waals surface area contributed by atoms with Crippen molar-refractivity contribution in [2.24, 2.45) is 10.7 Å². The Labute approximate surface area is 155 Å². The number of hydrogen-bond donors (Lipinski definition) is 2. The first-order valence-corrected chi connectivity index (χ1v) is 8.56. The van der Waals surface area contributed by atoms with Crippen molar-refractivity contribution in [3.63, 3.8) is 0 Å². The lowest BCUT2D eigenvalue weighted by Gasteiger charge is -2.11. The molecule has 1 aliphatic rings. The van der Waals surface area contributed by atoms with Gasteiger partial charge in [-0.25, -0.2) is 13.8 Å². The van der Waals surface area contributed by atoms with Gasteiger partial charge < -0.3 is 25.3 Å². The Morgan fingerprint density at radius 1 is 1.15 bits per heavy atom. The number of nitrogens with zero attached hydrogens (tertiary/aromatic N) is 1. The van der Waals surface area contributed by atoms with Gasteiger partial charge >= 0.3 is 0 Å². The van der Waals surface area contributed by atoms with E-state index in [1.54, 1.807) is 18.2 Å². The molecule has 0 atom stereocenters. The quantitative estimate of drug-likeness (QED) is 0.596. The van der Waals surface area contributed by atoms with Crippen LogP contribution in [0.5, 0.6) is 17.2 Å². The lowest BCUT2D eigenvalue weighted by Crippen LogP contribution is -2.22. The fourth-order valence-electron chi connectivity index (χ4n) is 2.50. The van der Waals surface area contributed by atoms with Crippen LogP contribution in [0.1, 0.15) is 12.0 Å². The zero-order valence-corrected chi connectivity index (χ0v) is 14.7. The third-order valence-corrected chi connectivity index (χ3v) is 3.73. The van der Waals surface area contributed by atoms with Gasteiger partial charge in [0, 0.05) is 18.2 Å². The average Bonchev–Trinajstić information content (AvgIpc) is 2.90. The van der Waals surface area contributed by atoms with Crippen LogP contribution in [0.4, 0.5) is 14.5 Å². The molecule has 1 heterocycles. The SMILES string of the molecule is NC(=NCc1cccc(OCC(F)F)c1)Nc1ccc2c(c1)OCCCO2. The molecule has 0 saturated carbocycles. The van der Waals surface area contributed by atoms with Crippen LogP contribution < -0.4 is 25.3 Å². The molecule has 0 spiro atoms. The van der Waals surface area contributed by atoms with E-state index in [4.69, 9.17) is 19.9 Å². The Bertz CT molecular complexity index is 800. The van der Waals surface area contributed by atoms with E-state index in [2.05, 4.69) is 10.3 Å². The molecule has 0 saturated heterocycles. The first-order chi connectivity index (χ1) is 13.1. The van der Waals surface area contributed by atoms with Crippen LogP contribution in [0.3, 0.4) is 0 Å². The summed E-state index contributed by atoms with van der Waals surface area (Å²) in [4.78, 5) is 4.26. The van der Waals surface area contributed by atoms with E-state index in [-0.39, 0.29) is 12.5 Å². The predicted molar refractivity (Wildman–Crippen MR) is 98.9 cm³/mol. The van der Waals surface area contributed by atoms with E-state index in [0.717, 1.165) is 17.7 Å². The third-order valence-electron chi connectivity index (χ3n) is 3.73. The Balaban J connectivity index is 1.60. The summed E-state index contributed by atoms with van der Waals surface area (Å²) >= 11 is 0. The normalized spacial score (nSPS) is 14.0. The van der Waals surface area contributed by atoms with Gasteiger partial charge in [0.1, 0.15) is 12.4 Å². The zero-order valence-electron chi connectivity index (χ0n) is 14.7. The van der Waals surface area contributed by atoms with Gasteiger partial charge in [-0.1, -0.05) is 12.1 Å². The molecule has 144 valence electrons. The molecule has 27 heavy (non-hydrogen) atoms. The Morgan fingerprint density at radius 2 is 1.96 bits per heavy atom. The summed E-state index contributed by atoms with van der Waals surface area (Å²) < 4.78 is 40.7. The van der Waals surface area contributed by atoms with Crippen molar-refractivity contribution >= 4 is 11.6 Å². The maximum atomic E-state index is 12.2. The van der Waals surface area contributed by atoms with Crippen molar-refractivity contribution < 1.29 is 23.0 Å². The molecular formula is C19H21F2N3O3. The van der Waals surface area contributed by atoms with Crippen molar-refractivity contribution in [1.82, 2.24) is 0 Å². The molecule has 0 unspecified atom stereocenters. The molecule has 2 aromatic carbocycles. The van der Waals surface area contributed by atoms with Crippen LogP contribution in [0.25, 0.3) is 0 Å². The average molecular weight is 377 g/mol. The van der Waals surface area contributed by atoms with Crippen LogP contribution in [-0.2, 0) is 6.54 Å². The smallest absolute Gasteiger partial charge is 0.272 e. The van der Waals surface area contributed by atoms with Crippen LogP contribution in [0, 0.1) is 0 Å². The molecule has 3 rings (SSSR count). The van der Waals surface area contributed by atoms with E-state index >= 15 is 0 Å². The number of guanidine groups is 1. The van der Waals surface area contributed by atoms with Gasteiger partial charge in [0.15, 0.2) is 17.5 Å². The predicted octanol–water partition coefficient (Wildman–Crippen LogP) is 3.42. The van der Waals surface area contributed by atoms with Crippen molar-refractivity contribution in [1.29, 1.82) is 0 Å². The molecule has 2 aromatic rings. The molecule has 0 bridgehead atoms. The van der Waals surface area contributed by atoms with Gasteiger partial charge in [0.2, 0.25) is 0 Å². The maximum Gasteiger partial charge on any atom is 0.272 e. The number of anilines is 1. The second-order valence-corrected chi connectivity index (χ2v) is 5.89. The van der Waals surface area contributed by atoms with Gasteiger partial charge in [-0.05, 0) is 29.8 Å². The molecule has 6 nitrogen and oxygen atoms in total. The minimum Gasteiger partial charge on any atom is -0.490 e. The molecule has 0 aliphatic carbocycles. The summed E-state index contributed by atoms with van der Waals surface area (Å²) in [6, 6.07) is 12.3. The molecule has 0 aromatic heterocycles. The Kier molecular flexibility index (Phi) is 6.30. The highest BCUT2D eigenvalue weighted by atomic mass is 19.3. The molecule has 3 N–H and O–H groups in total. The summed E-state index contributed by atoms with van der Waals surface area (Å²) in [6.07, 6.45) is -1.68. The first kappa shape index (κ1) is 18.8. The number of hydrogen-bond acceptors (Lipinski definition) is 4. The van der Waals surface area contributed by atoms with Gasteiger partial charge in [-0.2, -0.15) is 0 Å². The van der Waals surface area contributed by atoms with Gasteiger partial charge in [-0.3, -0.25) is 0 Å². The highest BCUT2D eigenvalue weighted by Gasteiger charge is 2.11. The molecular weight excluding hydrogens is 356 g/mol. The molecule has 8 heteroatoms. The fourth-order valence-corrected chi connectivity index (χ4v) is 2.50. The molecule has 0 radical (unpaired) electrons. The maximum absolute atomic E-state index is 12.2. The minimum atomic E-state index is -2.51. The largest absolute Gasteiger partial charge is 0.490 e. The number of fused-ring (bicyclic) bond motifs is 1. The minimum absolute atomic E-state index is 0.225. The molecule has 0 amide bonds. The monoisotopic (exact) mass is 377 g/mol. The molecule has 0 fully saturated rings. The number of alkyl halides is 2. The van der Waals surface area contributed by atoms with E-state index in [1.807, 2.05) is 24.3 Å². The van der Waals surface area contributed by atoms with Crippen molar-refractivity contribution in [3.8, 4) is 17.2 Å². The standard InChI is InChI=1S/C19H21F2N3O3/c20-18(21)12-27-15-4-1-3-13(9-15)11-23-19(22)24-14-5-6-16-17(10-14)26-8-2-7-25-16/h1,3-6,9-10,18H,2,7-8,11-12H2,(H3,22,23,24). The zero-order chi connectivity index (χ0) is 19.1. The number of nitrogens with one attached hydrogen (secondary N) is 1. The second-order valence-electron chi connectivity index (χ2n) is 5.89. The summed E-state index contributed by atoms with van der Waals surface area (Å²) in [5.41, 5.74) is 7.46. The topological polar surface area (TPSA) is 78.1 Å². The first-order valence-electron chi connectivity index (χ1n) is 8.56. The van der Waals surface area contributed by atoms with Crippen LogP contribution in [-0.4, -0.2) is 32.2 Å². The number of benzene rings is 2. The summed E-state index contributed by atoms with van der Waals surface area (Å²) in [5.74, 6) is 1.96. The Hall–Kier alpha value is -3.03. The van der Waals surface area contributed by atoms with E-state index in [9.17, 15) is 8.78 Å². The van der Waals surface area contributed by atoms with Gasteiger partial charge in [-0.15, -0.1) is 0 Å². The van der Waals surface area contributed by atoms with E-state index in [1.165, 1.54) is 0 Å². The third kappa shape index (κ3) is 5.73. The highest BCUT2D eigenvalue weighted by Crippen LogP contribution is 2.32. The van der Waals surface area contributed by atoms with Crippen LogP contribution >= 0.6 is 0 Å². The van der Waals surface area contributed by atoms with Crippen LogP contribution in [0.15, 0.2) is 47.5 Å². The fraction of sp³-hybridized carbons (Fsp3) is 0.316. The summed E-state index contributed by atoms with van der Waals surface area (Å²) in [5, 5.41) is 3.00. The number of rotatable bonds is 6. The lowest BCUT2D eigenvalue weighted by atomic mass is 10.2.